The molecule has 0 fully saturated rings. The van der Waals surface area contributed by atoms with Gasteiger partial charge in [0.1, 0.15) is 51.7 Å². The Morgan fingerprint density at radius 1 is 0.233 bits per heavy atom. The summed E-state index contributed by atoms with van der Waals surface area (Å²) < 4.78 is 0. The molecule has 0 unspecified atom stereocenters. The van der Waals surface area contributed by atoms with Crippen LogP contribution in [0.15, 0.2) is 170 Å². The number of hydrogen-bond acceptors (Lipinski definition) is 9. The van der Waals surface area contributed by atoms with Crippen molar-refractivity contribution in [3.05, 3.63) is 298 Å². The molecule has 0 saturated carbocycles. The number of rotatable bonds is 17. The van der Waals surface area contributed by atoms with Crippen LogP contribution in [0.1, 0.15) is 149 Å². The smallest absolute Gasteiger partial charge is 0.122 e. The highest BCUT2D eigenvalue weighted by molar-refractivity contribution is 5.62. The van der Waals surface area contributed by atoms with Gasteiger partial charge in [-0.05, 0) is 213 Å². The molecule has 0 aliphatic heterocycles. The van der Waals surface area contributed by atoms with Gasteiger partial charge in [-0.25, -0.2) is 0 Å². The molecule has 9 heteroatoms. The first-order valence-electron chi connectivity index (χ1n) is 29.2. The quantitative estimate of drug-likeness (QED) is 0.0401. The molecule has 0 saturated heterocycles. The predicted octanol–water partition coefficient (Wildman–Crippen LogP) is 16.1. The van der Waals surface area contributed by atoms with Crippen LogP contribution in [0.4, 0.5) is 0 Å². The van der Waals surface area contributed by atoms with Gasteiger partial charge in [0.25, 0.3) is 0 Å². The summed E-state index contributed by atoms with van der Waals surface area (Å²) in [6.45, 7) is 17.7. The maximum atomic E-state index is 12.5. The van der Waals surface area contributed by atoms with Crippen molar-refractivity contribution in [2.45, 2.75) is 112 Å². The summed E-state index contributed by atoms with van der Waals surface area (Å²) in [4.78, 5) is 0. The monoisotopic (exact) mass is 1140 g/mol. The van der Waals surface area contributed by atoms with E-state index in [9.17, 15) is 46.0 Å². The lowest BCUT2D eigenvalue weighted by molar-refractivity contribution is 0.461. The molecule has 438 valence electrons. The molecule has 0 aliphatic carbocycles. The van der Waals surface area contributed by atoms with E-state index in [4.69, 9.17) is 0 Å². The second-order valence-electron chi connectivity index (χ2n) is 24.5. The molecule has 0 aromatic heterocycles. The van der Waals surface area contributed by atoms with Crippen LogP contribution < -0.4 is 0 Å². The number of aryl methyl sites for hydroxylation is 6. The Morgan fingerprint density at radius 2 is 0.430 bits per heavy atom. The zero-order chi connectivity index (χ0) is 61.5. The molecule has 9 N–H and O–H groups in total. The first kappa shape index (κ1) is 59.6. The molecule has 0 heterocycles. The highest BCUT2D eigenvalue weighted by Gasteiger charge is 2.36. The van der Waals surface area contributed by atoms with Crippen molar-refractivity contribution in [3.8, 4) is 51.7 Å². The lowest BCUT2D eigenvalue weighted by Gasteiger charge is -2.35. The van der Waals surface area contributed by atoms with Crippen molar-refractivity contribution in [2.24, 2.45) is 0 Å². The average Bonchev–Trinajstić information content (AvgIpc) is 1.15. The van der Waals surface area contributed by atoms with Gasteiger partial charge in [-0.1, -0.05) is 147 Å². The Kier molecular flexibility index (Phi) is 16.5. The normalized spacial score (nSPS) is 11.8. The van der Waals surface area contributed by atoms with E-state index in [1.807, 2.05) is 114 Å². The standard InChI is InChI=1S/C77H76O9/c1-44-26-50(10-20-67(44)78)32-56-38-64(39-57(73(56)84)33-51-11-21-68(79)45(2)27-51)76(7,8)62-16-18-63(19-17-62)77(9,65-40-58(34-52-12-22-69(80)46(3)28-52)74(85)59(41-65)35-53-13-23-70(81)47(4)29-53)66-42-60(36-54-14-24-71(82)48(5)30-54)75(86)61(43-66)37-55-15-25-72(83)49(6)31-55/h10-31,38-43,78-86H,32-37H2,1-9H3. The van der Waals surface area contributed by atoms with Crippen LogP contribution >= 0.6 is 0 Å². The van der Waals surface area contributed by atoms with Gasteiger partial charge in [-0.15, -0.1) is 0 Å². The van der Waals surface area contributed by atoms with Crippen molar-refractivity contribution in [1.29, 1.82) is 0 Å². The maximum Gasteiger partial charge on any atom is 0.122 e. The lowest BCUT2D eigenvalue weighted by atomic mass is 9.68. The number of hydrogen-bond donors (Lipinski definition) is 9. The topological polar surface area (TPSA) is 182 Å². The molecule has 0 atom stereocenters. The summed E-state index contributed by atoms with van der Waals surface area (Å²) in [5.41, 5.74) is 16.9. The fraction of sp³-hybridized carbons (Fsp3) is 0.221. The minimum Gasteiger partial charge on any atom is -0.508 e. The Labute approximate surface area is 504 Å². The highest BCUT2D eigenvalue weighted by atomic mass is 16.3. The van der Waals surface area contributed by atoms with E-state index in [1.54, 1.807) is 36.4 Å². The van der Waals surface area contributed by atoms with Gasteiger partial charge in [0.05, 0.1) is 0 Å². The summed E-state index contributed by atoms with van der Waals surface area (Å²) in [7, 11) is 0. The van der Waals surface area contributed by atoms with Gasteiger partial charge in [0, 0.05) is 49.4 Å². The predicted molar refractivity (Wildman–Crippen MR) is 342 cm³/mol. The molecular formula is C77H76O9. The summed E-state index contributed by atoms with van der Waals surface area (Å²) in [5, 5.41) is 100. The molecule has 0 radical (unpaired) electrons. The largest absolute Gasteiger partial charge is 0.508 e. The van der Waals surface area contributed by atoms with Crippen LogP contribution in [0.5, 0.6) is 51.7 Å². The summed E-state index contributed by atoms with van der Waals surface area (Å²) in [5.74, 6) is 1.58. The van der Waals surface area contributed by atoms with Gasteiger partial charge in [0.2, 0.25) is 0 Å². The molecule has 86 heavy (non-hydrogen) atoms. The summed E-state index contributed by atoms with van der Waals surface area (Å²) in [6, 6.07) is 54.0. The first-order chi connectivity index (χ1) is 40.8. The molecule has 0 aliphatic rings. The van der Waals surface area contributed by atoms with E-state index in [0.717, 1.165) is 83.5 Å². The molecule has 0 amide bonds. The van der Waals surface area contributed by atoms with E-state index in [1.165, 1.54) is 0 Å². The van der Waals surface area contributed by atoms with Crippen molar-refractivity contribution in [2.75, 3.05) is 0 Å². The zero-order valence-corrected chi connectivity index (χ0v) is 50.4. The average molecular weight is 1150 g/mol. The Hall–Kier alpha value is -9.60. The maximum absolute atomic E-state index is 12.5. The fourth-order valence-electron chi connectivity index (χ4n) is 12.2. The van der Waals surface area contributed by atoms with E-state index < -0.39 is 10.8 Å². The number of aromatic hydroxyl groups is 9. The van der Waals surface area contributed by atoms with E-state index in [-0.39, 0.29) is 51.7 Å². The van der Waals surface area contributed by atoms with Gasteiger partial charge in [-0.2, -0.15) is 0 Å². The second kappa shape index (κ2) is 23.8. The van der Waals surface area contributed by atoms with Crippen LogP contribution in [0.25, 0.3) is 0 Å². The minimum absolute atomic E-state index is 0.135. The van der Waals surface area contributed by atoms with E-state index in [0.29, 0.717) is 83.0 Å². The van der Waals surface area contributed by atoms with Crippen LogP contribution in [0.3, 0.4) is 0 Å². The lowest BCUT2D eigenvalue weighted by Crippen LogP contribution is -2.27. The molecule has 0 spiro atoms. The Morgan fingerprint density at radius 3 is 0.640 bits per heavy atom. The highest BCUT2D eigenvalue weighted by Crippen LogP contribution is 2.47. The Bertz CT molecular complexity index is 3840. The summed E-state index contributed by atoms with van der Waals surface area (Å²) >= 11 is 0. The molecule has 10 rings (SSSR count). The molecule has 0 bridgehead atoms. The molecule has 9 nitrogen and oxygen atoms in total. The first-order valence-corrected chi connectivity index (χ1v) is 29.2. The third-order valence-corrected chi connectivity index (χ3v) is 17.8. The number of phenols is 9. The third kappa shape index (κ3) is 12.3. The summed E-state index contributed by atoms with van der Waals surface area (Å²) in [6.07, 6.45) is 2.20. The van der Waals surface area contributed by atoms with Gasteiger partial charge in [-0.3, -0.25) is 0 Å². The SMILES string of the molecule is Cc1cc(Cc2cc(C(C)(C)c3ccc(C(C)(c4cc(Cc5ccc(O)c(C)c5)c(O)c(Cc5ccc(O)c(C)c5)c4)c4cc(Cc5ccc(O)c(C)c5)c(O)c(Cc5ccc(O)c(C)c5)c4)cc3)cc(Cc3ccc(O)c(C)c3)c2O)ccc1O. The molecule has 10 aromatic carbocycles. The van der Waals surface area contributed by atoms with E-state index in [2.05, 4.69) is 81.4 Å². The number of benzene rings is 10. The van der Waals surface area contributed by atoms with Crippen molar-refractivity contribution in [1.82, 2.24) is 0 Å². The van der Waals surface area contributed by atoms with Crippen LogP contribution in [-0.4, -0.2) is 46.0 Å². The van der Waals surface area contributed by atoms with Crippen LogP contribution in [-0.2, 0) is 49.4 Å². The second-order valence-corrected chi connectivity index (χ2v) is 24.5. The van der Waals surface area contributed by atoms with Crippen molar-refractivity contribution < 1.29 is 46.0 Å². The molecule has 10 aromatic rings. The van der Waals surface area contributed by atoms with Crippen molar-refractivity contribution >= 4 is 0 Å². The van der Waals surface area contributed by atoms with Crippen LogP contribution in [0.2, 0.25) is 0 Å². The van der Waals surface area contributed by atoms with Gasteiger partial charge in [0.15, 0.2) is 0 Å². The fourth-order valence-corrected chi connectivity index (χ4v) is 12.2. The van der Waals surface area contributed by atoms with E-state index >= 15 is 0 Å². The minimum atomic E-state index is -1.01. The van der Waals surface area contributed by atoms with Gasteiger partial charge < -0.3 is 46.0 Å². The van der Waals surface area contributed by atoms with Crippen molar-refractivity contribution in [3.63, 3.8) is 0 Å². The zero-order valence-electron chi connectivity index (χ0n) is 50.4. The number of phenolic OH excluding ortho intramolecular Hbond substituents is 9. The molecular weight excluding hydrogens is 1070 g/mol. The van der Waals surface area contributed by atoms with Crippen LogP contribution in [0, 0.1) is 41.5 Å². The van der Waals surface area contributed by atoms with Gasteiger partial charge >= 0.3 is 0 Å². The third-order valence-electron chi connectivity index (χ3n) is 17.8. The Balaban J connectivity index is 1.18.